The fourth-order valence-corrected chi connectivity index (χ4v) is 3.10. The molecule has 2 N–H and O–H groups in total. The van der Waals surface area contributed by atoms with Gasteiger partial charge in [-0.1, -0.05) is 23.8 Å². The van der Waals surface area contributed by atoms with Crippen LogP contribution in [0.1, 0.15) is 18.4 Å². The second-order valence-electron chi connectivity index (χ2n) is 4.90. The molecular formula is C15H21FO3S. The van der Waals surface area contributed by atoms with Crippen molar-refractivity contribution in [3.63, 3.8) is 0 Å². The van der Waals surface area contributed by atoms with Crippen LogP contribution >= 0.6 is 0 Å². The minimum atomic E-state index is -1.99. The molecule has 0 unspecified atom stereocenters. The zero-order valence-corrected chi connectivity index (χ0v) is 12.4. The Kier molecular flexibility index (Phi) is 6.52. The van der Waals surface area contributed by atoms with Gasteiger partial charge in [0.25, 0.3) is 0 Å². The van der Waals surface area contributed by atoms with E-state index in [0.717, 1.165) is 5.56 Å². The van der Waals surface area contributed by atoms with Crippen molar-refractivity contribution in [3.05, 3.63) is 42.5 Å². The van der Waals surface area contributed by atoms with Crippen molar-refractivity contribution in [2.75, 3.05) is 12.4 Å². The van der Waals surface area contributed by atoms with Crippen LogP contribution in [0.3, 0.4) is 0 Å². The van der Waals surface area contributed by atoms with Crippen LogP contribution in [0.5, 0.6) is 0 Å². The van der Waals surface area contributed by atoms with Gasteiger partial charge in [-0.3, -0.25) is 4.21 Å². The Balaban J connectivity index is 2.78. The van der Waals surface area contributed by atoms with Gasteiger partial charge < -0.3 is 10.2 Å². The summed E-state index contributed by atoms with van der Waals surface area (Å²) in [6.45, 7) is 4.63. The fraction of sp³-hybridized carbons (Fsp3) is 0.467. The number of allylic oxidation sites excluding steroid dienone is 1. The van der Waals surface area contributed by atoms with Crippen LogP contribution in [0.4, 0.5) is 4.39 Å². The van der Waals surface area contributed by atoms with Crippen LogP contribution in [0.25, 0.3) is 0 Å². The van der Waals surface area contributed by atoms with Crippen molar-refractivity contribution in [2.24, 2.45) is 0 Å². The second kappa shape index (κ2) is 7.67. The highest BCUT2D eigenvalue weighted by Gasteiger charge is 2.38. The summed E-state index contributed by atoms with van der Waals surface area (Å²) in [5, 5.41) is 19.4. The first-order valence-electron chi connectivity index (χ1n) is 6.46. The van der Waals surface area contributed by atoms with E-state index in [9.17, 15) is 18.8 Å². The molecule has 0 fully saturated rings. The van der Waals surface area contributed by atoms with Gasteiger partial charge in [-0.2, -0.15) is 0 Å². The van der Waals surface area contributed by atoms with Gasteiger partial charge in [0.15, 0.2) is 0 Å². The van der Waals surface area contributed by atoms with E-state index in [2.05, 4.69) is 6.58 Å². The highest BCUT2D eigenvalue weighted by molar-refractivity contribution is 7.85. The molecule has 0 amide bonds. The van der Waals surface area contributed by atoms with Crippen molar-refractivity contribution in [2.45, 2.75) is 36.4 Å². The van der Waals surface area contributed by atoms with Gasteiger partial charge in [-0.15, -0.1) is 6.58 Å². The summed E-state index contributed by atoms with van der Waals surface area (Å²) in [4.78, 5) is 0.512. The van der Waals surface area contributed by atoms with Crippen LogP contribution < -0.4 is 0 Å². The van der Waals surface area contributed by atoms with E-state index < -0.39 is 29.2 Å². The van der Waals surface area contributed by atoms with E-state index >= 15 is 0 Å². The molecular weight excluding hydrogens is 279 g/mol. The van der Waals surface area contributed by atoms with E-state index in [0.29, 0.717) is 11.3 Å². The third-order valence-corrected chi connectivity index (χ3v) is 4.71. The normalized spacial score (nSPS) is 17.2. The molecule has 3 atom stereocenters. The molecule has 0 radical (unpaired) electrons. The predicted molar refractivity (Wildman–Crippen MR) is 78.8 cm³/mol. The number of alkyl halides is 1. The van der Waals surface area contributed by atoms with Crippen LogP contribution in [0, 0.1) is 6.92 Å². The summed E-state index contributed by atoms with van der Waals surface area (Å²) in [6, 6.07) is 6.96. The average Bonchev–Trinajstić information content (AvgIpc) is 2.45. The predicted octanol–water partition coefficient (Wildman–Crippen LogP) is 2.13. The van der Waals surface area contributed by atoms with Crippen molar-refractivity contribution >= 4 is 10.8 Å². The van der Waals surface area contributed by atoms with Gasteiger partial charge in [-0.05, 0) is 31.9 Å². The topological polar surface area (TPSA) is 57.5 Å². The number of aliphatic hydroxyl groups is 2. The van der Waals surface area contributed by atoms with Crippen molar-refractivity contribution in [3.8, 4) is 0 Å². The molecule has 0 aromatic heterocycles. The Hall–Kier alpha value is -1.04. The van der Waals surface area contributed by atoms with Crippen LogP contribution in [0.2, 0.25) is 0 Å². The standard InChI is InChI=1S/C15H21FO3S/c1-3-4-5-14(16)15(18,10-17)11-20(19)13-8-6-12(2)7-9-13/h3,6-9,14,17-18H,1,4-5,10-11H2,2H3/t14-,15+,20+/m1/s1. The number of hydrogen-bond donors (Lipinski definition) is 2. The number of benzene rings is 1. The third-order valence-electron chi connectivity index (χ3n) is 3.15. The SMILES string of the molecule is C=CCC[C@@H](F)[C@](O)(CO)C[S@](=O)c1ccc(C)cc1. The van der Waals surface area contributed by atoms with E-state index in [4.69, 9.17) is 0 Å². The first kappa shape index (κ1) is 17.0. The minimum Gasteiger partial charge on any atom is -0.393 e. The van der Waals surface area contributed by atoms with Crippen molar-refractivity contribution in [1.82, 2.24) is 0 Å². The molecule has 0 heterocycles. The summed E-state index contributed by atoms with van der Waals surface area (Å²) >= 11 is 0. The van der Waals surface area contributed by atoms with E-state index in [-0.39, 0.29) is 12.2 Å². The monoisotopic (exact) mass is 300 g/mol. The van der Waals surface area contributed by atoms with E-state index in [1.807, 2.05) is 6.92 Å². The molecule has 20 heavy (non-hydrogen) atoms. The molecule has 1 aromatic carbocycles. The van der Waals surface area contributed by atoms with E-state index in [1.165, 1.54) is 0 Å². The Morgan fingerprint density at radius 1 is 1.45 bits per heavy atom. The maximum Gasteiger partial charge on any atom is 0.132 e. The molecule has 3 nitrogen and oxygen atoms in total. The van der Waals surface area contributed by atoms with Gasteiger partial charge in [0.2, 0.25) is 0 Å². The van der Waals surface area contributed by atoms with Gasteiger partial charge >= 0.3 is 0 Å². The molecule has 1 aromatic rings. The van der Waals surface area contributed by atoms with Crippen LogP contribution in [-0.4, -0.2) is 38.6 Å². The lowest BCUT2D eigenvalue weighted by molar-refractivity contribution is -0.0579. The Bertz CT molecular complexity index is 461. The van der Waals surface area contributed by atoms with E-state index in [1.54, 1.807) is 30.3 Å². The number of halogens is 1. The fourth-order valence-electron chi connectivity index (χ4n) is 1.77. The molecule has 1 rings (SSSR count). The number of hydrogen-bond acceptors (Lipinski definition) is 3. The van der Waals surface area contributed by atoms with Crippen LogP contribution in [0.15, 0.2) is 41.8 Å². The highest BCUT2D eigenvalue weighted by atomic mass is 32.2. The highest BCUT2D eigenvalue weighted by Crippen LogP contribution is 2.22. The van der Waals surface area contributed by atoms with Crippen molar-refractivity contribution in [1.29, 1.82) is 0 Å². The molecule has 0 saturated heterocycles. The van der Waals surface area contributed by atoms with Gasteiger partial charge in [-0.25, -0.2) is 4.39 Å². The summed E-state index contributed by atoms with van der Waals surface area (Å²) in [7, 11) is -1.56. The smallest absolute Gasteiger partial charge is 0.132 e. The maximum absolute atomic E-state index is 14.0. The lowest BCUT2D eigenvalue weighted by Crippen LogP contribution is -2.48. The zero-order valence-electron chi connectivity index (χ0n) is 11.6. The first-order chi connectivity index (χ1) is 9.42. The summed E-state index contributed by atoms with van der Waals surface area (Å²) in [5.41, 5.74) is -0.962. The maximum atomic E-state index is 14.0. The lowest BCUT2D eigenvalue weighted by Gasteiger charge is -2.29. The summed E-state index contributed by atoms with van der Waals surface area (Å²) < 4.78 is 26.1. The second-order valence-corrected chi connectivity index (χ2v) is 6.35. The zero-order chi connectivity index (χ0) is 15.2. The quantitative estimate of drug-likeness (QED) is 0.723. The van der Waals surface area contributed by atoms with Gasteiger partial charge in [0, 0.05) is 4.90 Å². The largest absolute Gasteiger partial charge is 0.393 e. The molecule has 112 valence electrons. The molecule has 0 aliphatic carbocycles. The molecule has 0 saturated carbocycles. The third kappa shape index (κ3) is 4.51. The average molecular weight is 300 g/mol. The number of rotatable bonds is 8. The molecule has 5 heteroatoms. The molecule has 0 aliphatic rings. The van der Waals surface area contributed by atoms with Gasteiger partial charge in [0.1, 0.15) is 11.8 Å². The first-order valence-corrected chi connectivity index (χ1v) is 7.78. The van der Waals surface area contributed by atoms with Crippen LogP contribution in [-0.2, 0) is 10.8 Å². The summed E-state index contributed by atoms with van der Waals surface area (Å²) in [5.74, 6) is -0.329. The minimum absolute atomic E-state index is 0.0473. The summed E-state index contributed by atoms with van der Waals surface area (Å²) in [6.07, 6.45) is 0.341. The lowest BCUT2D eigenvalue weighted by atomic mass is 9.97. The number of aryl methyl sites for hydroxylation is 1. The van der Waals surface area contributed by atoms with Gasteiger partial charge in [0.05, 0.1) is 23.2 Å². The Morgan fingerprint density at radius 2 is 2.05 bits per heavy atom. The van der Waals surface area contributed by atoms with Crippen molar-refractivity contribution < 1.29 is 18.8 Å². The molecule has 0 aliphatic heterocycles. The Morgan fingerprint density at radius 3 is 2.55 bits per heavy atom. The molecule has 0 spiro atoms. The number of aliphatic hydroxyl groups excluding tert-OH is 1. The molecule has 0 bridgehead atoms. The Labute approximate surface area is 121 Å².